The van der Waals surface area contributed by atoms with Crippen LogP contribution in [0.25, 0.3) is 0 Å². The number of rotatable bonds is 5. The molecule has 4 nitrogen and oxygen atoms in total. The lowest BCUT2D eigenvalue weighted by atomic mass is 10.1. The first-order valence-electron chi connectivity index (χ1n) is 6.34. The SMILES string of the molecule is CNC(Cc1csc(C)n1)c1c(Cl)cnn1C(C)C. The van der Waals surface area contributed by atoms with E-state index in [1.165, 1.54) is 0 Å². The van der Waals surface area contributed by atoms with Crippen molar-refractivity contribution in [3.05, 3.63) is 33.0 Å². The van der Waals surface area contributed by atoms with Crippen LogP contribution < -0.4 is 5.32 Å². The van der Waals surface area contributed by atoms with E-state index in [9.17, 15) is 0 Å². The Morgan fingerprint density at radius 3 is 2.74 bits per heavy atom. The quantitative estimate of drug-likeness (QED) is 0.920. The highest BCUT2D eigenvalue weighted by Gasteiger charge is 2.21. The van der Waals surface area contributed by atoms with Crippen molar-refractivity contribution in [1.82, 2.24) is 20.1 Å². The molecule has 19 heavy (non-hydrogen) atoms. The van der Waals surface area contributed by atoms with E-state index >= 15 is 0 Å². The van der Waals surface area contributed by atoms with Crippen LogP contribution in [-0.2, 0) is 6.42 Å². The number of nitrogens with zero attached hydrogens (tertiary/aromatic N) is 3. The summed E-state index contributed by atoms with van der Waals surface area (Å²) in [5, 5.41) is 11.6. The highest BCUT2D eigenvalue weighted by molar-refractivity contribution is 7.09. The fourth-order valence-electron chi connectivity index (χ4n) is 2.13. The van der Waals surface area contributed by atoms with Crippen molar-refractivity contribution in [2.45, 2.75) is 39.3 Å². The van der Waals surface area contributed by atoms with Gasteiger partial charge in [-0.1, -0.05) is 11.6 Å². The molecule has 0 aliphatic carbocycles. The summed E-state index contributed by atoms with van der Waals surface area (Å²) in [6, 6.07) is 0.412. The Morgan fingerprint density at radius 2 is 2.21 bits per heavy atom. The molecule has 6 heteroatoms. The van der Waals surface area contributed by atoms with E-state index in [2.05, 4.69) is 34.6 Å². The molecule has 1 atom stereocenters. The molecule has 0 bridgehead atoms. The maximum absolute atomic E-state index is 6.29. The highest BCUT2D eigenvalue weighted by atomic mass is 35.5. The van der Waals surface area contributed by atoms with Crippen molar-refractivity contribution in [3.63, 3.8) is 0 Å². The first-order valence-corrected chi connectivity index (χ1v) is 7.59. The van der Waals surface area contributed by atoms with Crippen molar-refractivity contribution in [2.24, 2.45) is 0 Å². The van der Waals surface area contributed by atoms with Crippen molar-refractivity contribution >= 4 is 22.9 Å². The van der Waals surface area contributed by atoms with Gasteiger partial charge in [-0.15, -0.1) is 11.3 Å². The summed E-state index contributed by atoms with van der Waals surface area (Å²) < 4.78 is 1.97. The van der Waals surface area contributed by atoms with Gasteiger partial charge in [0.05, 0.1) is 33.7 Å². The predicted octanol–water partition coefficient (Wildman–Crippen LogP) is 3.39. The van der Waals surface area contributed by atoms with Gasteiger partial charge >= 0.3 is 0 Å². The first kappa shape index (κ1) is 14.5. The third-order valence-corrected chi connectivity index (χ3v) is 4.15. The average Bonchev–Trinajstić information content (AvgIpc) is 2.93. The monoisotopic (exact) mass is 298 g/mol. The summed E-state index contributed by atoms with van der Waals surface area (Å²) >= 11 is 7.97. The van der Waals surface area contributed by atoms with Gasteiger partial charge in [-0.3, -0.25) is 4.68 Å². The van der Waals surface area contributed by atoms with Gasteiger partial charge in [0.25, 0.3) is 0 Å². The smallest absolute Gasteiger partial charge is 0.0897 e. The topological polar surface area (TPSA) is 42.7 Å². The Labute approximate surface area is 122 Å². The third kappa shape index (κ3) is 3.16. The lowest BCUT2D eigenvalue weighted by Crippen LogP contribution is -2.23. The van der Waals surface area contributed by atoms with Crippen LogP contribution in [0.2, 0.25) is 5.02 Å². The van der Waals surface area contributed by atoms with Gasteiger partial charge in [-0.05, 0) is 27.8 Å². The number of thiazole rings is 1. The standard InChI is InChI=1S/C13H19ClN4S/c1-8(2)18-13(11(14)6-16-18)12(15-4)5-10-7-19-9(3)17-10/h6-8,12,15H,5H2,1-4H3. The van der Waals surface area contributed by atoms with E-state index in [0.717, 1.165) is 22.8 Å². The molecule has 2 aromatic rings. The van der Waals surface area contributed by atoms with Gasteiger partial charge in [-0.25, -0.2) is 4.98 Å². The Bertz CT molecular complexity index is 547. The van der Waals surface area contributed by atoms with E-state index in [0.29, 0.717) is 5.02 Å². The fraction of sp³-hybridized carbons (Fsp3) is 0.538. The maximum Gasteiger partial charge on any atom is 0.0897 e. The van der Waals surface area contributed by atoms with Crippen LogP contribution >= 0.6 is 22.9 Å². The van der Waals surface area contributed by atoms with E-state index in [4.69, 9.17) is 11.6 Å². The minimum atomic E-state index is 0.124. The van der Waals surface area contributed by atoms with Gasteiger partial charge in [0.1, 0.15) is 0 Å². The van der Waals surface area contributed by atoms with Gasteiger partial charge in [0.2, 0.25) is 0 Å². The average molecular weight is 299 g/mol. The number of likely N-dealkylation sites (N-methyl/N-ethyl adjacent to an activating group) is 1. The van der Waals surface area contributed by atoms with Crippen molar-refractivity contribution in [3.8, 4) is 0 Å². The summed E-state index contributed by atoms with van der Waals surface area (Å²) in [6.07, 6.45) is 2.53. The Hall–Kier alpha value is -0.910. The largest absolute Gasteiger partial charge is 0.311 e. The van der Waals surface area contributed by atoms with E-state index < -0.39 is 0 Å². The van der Waals surface area contributed by atoms with Gasteiger partial charge in [-0.2, -0.15) is 5.10 Å². The van der Waals surface area contributed by atoms with Crippen LogP contribution in [-0.4, -0.2) is 21.8 Å². The molecule has 2 aromatic heterocycles. The molecule has 0 fully saturated rings. The molecule has 0 radical (unpaired) electrons. The summed E-state index contributed by atoms with van der Waals surface area (Å²) in [5.41, 5.74) is 2.12. The summed E-state index contributed by atoms with van der Waals surface area (Å²) in [5.74, 6) is 0. The van der Waals surface area contributed by atoms with Gasteiger partial charge < -0.3 is 5.32 Å². The number of hydrogen-bond donors (Lipinski definition) is 1. The second-order valence-electron chi connectivity index (χ2n) is 4.82. The molecule has 2 rings (SSSR count). The molecule has 0 spiro atoms. The number of hydrogen-bond acceptors (Lipinski definition) is 4. The molecule has 1 unspecified atom stereocenters. The third-order valence-electron chi connectivity index (χ3n) is 3.03. The second-order valence-corrected chi connectivity index (χ2v) is 6.29. The zero-order valence-corrected chi connectivity index (χ0v) is 13.2. The molecule has 0 saturated carbocycles. The molecule has 0 aliphatic heterocycles. The van der Waals surface area contributed by atoms with E-state index in [-0.39, 0.29) is 12.1 Å². The number of halogens is 1. The minimum absolute atomic E-state index is 0.124. The number of aryl methyl sites for hydroxylation is 1. The lowest BCUT2D eigenvalue weighted by molar-refractivity contribution is 0.458. The molecule has 2 heterocycles. The van der Waals surface area contributed by atoms with Crippen molar-refractivity contribution < 1.29 is 0 Å². The molecule has 0 amide bonds. The predicted molar refractivity (Wildman–Crippen MR) is 80.0 cm³/mol. The van der Waals surface area contributed by atoms with Gasteiger partial charge in [0, 0.05) is 17.8 Å². The van der Waals surface area contributed by atoms with Crippen molar-refractivity contribution in [2.75, 3.05) is 7.05 Å². The summed E-state index contributed by atoms with van der Waals surface area (Å²) in [7, 11) is 1.94. The minimum Gasteiger partial charge on any atom is -0.311 e. The molecule has 0 aromatic carbocycles. The highest BCUT2D eigenvalue weighted by Crippen LogP contribution is 2.28. The second kappa shape index (κ2) is 6.03. The molecule has 104 valence electrons. The van der Waals surface area contributed by atoms with Crippen LogP contribution in [0.15, 0.2) is 11.6 Å². The molecule has 1 N–H and O–H groups in total. The number of aromatic nitrogens is 3. The lowest BCUT2D eigenvalue weighted by Gasteiger charge is -2.19. The van der Waals surface area contributed by atoms with E-state index in [1.54, 1.807) is 17.5 Å². The Balaban J connectivity index is 2.29. The maximum atomic E-state index is 6.29. The fourth-order valence-corrected chi connectivity index (χ4v) is 3.02. The normalized spacial score (nSPS) is 13.2. The molecule has 0 saturated heterocycles. The van der Waals surface area contributed by atoms with Gasteiger partial charge in [0.15, 0.2) is 0 Å². The van der Waals surface area contributed by atoms with Crippen LogP contribution in [0.5, 0.6) is 0 Å². The van der Waals surface area contributed by atoms with E-state index in [1.807, 2.05) is 18.7 Å². The van der Waals surface area contributed by atoms with Crippen molar-refractivity contribution in [1.29, 1.82) is 0 Å². The summed E-state index contributed by atoms with van der Waals surface area (Å²) in [6.45, 7) is 6.23. The Kier molecular flexibility index (Phi) is 4.60. The molecular formula is C13H19ClN4S. The number of nitrogens with one attached hydrogen (secondary N) is 1. The Morgan fingerprint density at radius 1 is 1.47 bits per heavy atom. The van der Waals surface area contributed by atoms with Crippen LogP contribution in [0.1, 0.15) is 42.3 Å². The van der Waals surface area contributed by atoms with Crippen LogP contribution in [0, 0.1) is 6.92 Å². The van der Waals surface area contributed by atoms with Crippen LogP contribution in [0.4, 0.5) is 0 Å². The zero-order valence-electron chi connectivity index (χ0n) is 11.6. The molecular weight excluding hydrogens is 280 g/mol. The summed E-state index contributed by atoms with van der Waals surface area (Å²) in [4.78, 5) is 4.52. The zero-order chi connectivity index (χ0) is 14.0. The molecule has 0 aliphatic rings. The van der Waals surface area contributed by atoms with Crippen LogP contribution in [0.3, 0.4) is 0 Å². The first-order chi connectivity index (χ1) is 9.02.